The molecule has 0 aromatic heterocycles. The van der Waals surface area contributed by atoms with Gasteiger partial charge in [0, 0.05) is 18.7 Å². The lowest BCUT2D eigenvalue weighted by atomic mass is 10.1. The standard InChI is InChI=1S/C12H12F5NO2/c1-5(12(19)20)3-18(2)4-6-7(13)9(15)11(17)10(16)8(6)14/h5H,3-4H2,1-2H3,(H,19,20). The normalized spacial score (nSPS) is 12.8. The molecule has 0 saturated carbocycles. The van der Waals surface area contributed by atoms with Gasteiger partial charge in [-0.25, -0.2) is 22.0 Å². The molecule has 0 spiro atoms. The molecule has 0 aliphatic carbocycles. The first-order chi connectivity index (χ1) is 9.16. The zero-order chi connectivity index (χ0) is 15.6. The summed E-state index contributed by atoms with van der Waals surface area (Å²) in [5.41, 5.74) is -0.985. The van der Waals surface area contributed by atoms with Gasteiger partial charge in [0.25, 0.3) is 0 Å². The summed E-state index contributed by atoms with van der Waals surface area (Å²) in [6.45, 7) is 0.662. The average molecular weight is 297 g/mol. The third-order valence-electron chi connectivity index (χ3n) is 2.74. The van der Waals surface area contributed by atoms with Crippen LogP contribution >= 0.6 is 0 Å². The molecule has 0 amide bonds. The van der Waals surface area contributed by atoms with E-state index in [1.807, 2.05) is 0 Å². The maximum absolute atomic E-state index is 13.4. The molecule has 1 aromatic carbocycles. The number of hydrogen-bond acceptors (Lipinski definition) is 2. The fourth-order valence-electron chi connectivity index (χ4n) is 1.67. The van der Waals surface area contributed by atoms with Crippen LogP contribution in [0.2, 0.25) is 0 Å². The molecule has 1 unspecified atom stereocenters. The van der Waals surface area contributed by atoms with Crippen LogP contribution in [0.15, 0.2) is 0 Å². The summed E-state index contributed by atoms with van der Waals surface area (Å²) in [5.74, 6) is -12.0. The van der Waals surface area contributed by atoms with Crippen molar-refractivity contribution in [2.45, 2.75) is 13.5 Å². The van der Waals surface area contributed by atoms with Crippen molar-refractivity contribution < 1.29 is 31.9 Å². The molecule has 0 saturated heterocycles. The summed E-state index contributed by atoms with van der Waals surface area (Å²) in [4.78, 5) is 11.8. The Morgan fingerprint density at radius 3 is 1.85 bits per heavy atom. The van der Waals surface area contributed by atoms with Crippen molar-refractivity contribution >= 4 is 5.97 Å². The van der Waals surface area contributed by atoms with Crippen LogP contribution in [0.1, 0.15) is 12.5 Å². The Bertz CT molecular complexity index is 506. The second kappa shape index (κ2) is 6.17. The van der Waals surface area contributed by atoms with Gasteiger partial charge >= 0.3 is 5.97 Å². The van der Waals surface area contributed by atoms with E-state index in [0.717, 1.165) is 4.90 Å². The monoisotopic (exact) mass is 297 g/mol. The second-order valence-corrected chi connectivity index (χ2v) is 4.48. The van der Waals surface area contributed by atoms with Gasteiger partial charge < -0.3 is 10.0 Å². The van der Waals surface area contributed by atoms with Crippen LogP contribution in [0.25, 0.3) is 0 Å². The first kappa shape index (κ1) is 16.4. The number of carboxylic acid groups (broad SMARTS) is 1. The van der Waals surface area contributed by atoms with E-state index in [-0.39, 0.29) is 6.54 Å². The molecule has 112 valence electrons. The maximum Gasteiger partial charge on any atom is 0.307 e. The van der Waals surface area contributed by atoms with Gasteiger partial charge in [0.2, 0.25) is 5.82 Å². The quantitative estimate of drug-likeness (QED) is 0.516. The highest BCUT2D eigenvalue weighted by molar-refractivity contribution is 5.69. The van der Waals surface area contributed by atoms with Gasteiger partial charge in [-0.1, -0.05) is 6.92 Å². The van der Waals surface area contributed by atoms with Gasteiger partial charge in [-0.2, -0.15) is 0 Å². The van der Waals surface area contributed by atoms with Gasteiger partial charge in [-0.05, 0) is 7.05 Å². The number of hydrogen-bond donors (Lipinski definition) is 1. The molecule has 20 heavy (non-hydrogen) atoms. The molecule has 1 N–H and O–H groups in total. The van der Waals surface area contributed by atoms with Gasteiger partial charge in [0.05, 0.1) is 5.92 Å². The molecule has 1 atom stereocenters. The van der Waals surface area contributed by atoms with Gasteiger partial charge in [0.15, 0.2) is 23.3 Å². The van der Waals surface area contributed by atoms with Crippen LogP contribution in [-0.2, 0) is 11.3 Å². The van der Waals surface area contributed by atoms with Crippen LogP contribution in [0.4, 0.5) is 22.0 Å². The molecule has 8 heteroatoms. The molecule has 3 nitrogen and oxygen atoms in total. The fourth-order valence-corrected chi connectivity index (χ4v) is 1.67. The van der Waals surface area contributed by atoms with E-state index in [0.29, 0.717) is 0 Å². The molecular formula is C12H12F5NO2. The van der Waals surface area contributed by atoms with Crippen molar-refractivity contribution in [1.29, 1.82) is 0 Å². The molecule has 0 aliphatic heterocycles. The van der Waals surface area contributed by atoms with E-state index < -0.39 is 53.1 Å². The Labute approximate surface area is 111 Å². The molecule has 1 rings (SSSR count). The first-order valence-corrected chi connectivity index (χ1v) is 5.58. The molecule has 0 aliphatic rings. The predicted molar refractivity (Wildman–Crippen MR) is 59.4 cm³/mol. The Hall–Kier alpha value is -1.70. The van der Waals surface area contributed by atoms with Crippen molar-refractivity contribution in [1.82, 2.24) is 4.90 Å². The maximum atomic E-state index is 13.4. The van der Waals surface area contributed by atoms with Crippen molar-refractivity contribution in [2.24, 2.45) is 5.92 Å². The van der Waals surface area contributed by atoms with Gasteiger partial charge in [0.1, 0.15) is 0 Å². The first-order valence-electron chi connectivity index (χ1n) is 5.58. The number of nitrogens with zero attached hydrogens (tertiary/aromatic N) is 1. The van der Waals surface area contributed by atoms with E-state index in [1.165, 1.54) is 14.0 Å². The van der Waals surface area contributed by atoms with E-state index in [2.05, 4.69) is 0 Å². The SMILES string of the molecule is CC(CN(C)Cc1c(F)c(F)c(F)c(F)c1F)C(=O)O. The largest absolute Gasteiger partial charge is 0.481 e. The van der Waals surface area contributed by atoms with Crippen LogP contribution in [0.5, 0.6) is 0 Å². The molecule has 0 fully saturated rings. The predicted octanol–water partition coefficient (Wildman–Crippen LogP) is 2.53. The highest BCUT2D eigenvalue weighted by Crippen LogP contribution is 2.24. The summed E-state index contributed by atoms with van der Waals surface area (Å²) >= 11 is 0. The summed E-state index contributed by atoms with van der Waals surface area (Å²) in [6.07, 6.45) is 0. The summed E-state index contributed by atoms with van der Waals surface area (Å²) < 4.78 is 65.6. The summed E-state index contributed by atoms with van der Waals surface area (Å²) in [5, 5.41) is 8.69. The third-order valence-corrected chi connectivity index (χ3v) is 2.74. The zero-order valence-electron chi connectivity index (χ0n) is 10.7. The third kappa shape index (κ3) is 3.24. The highest BCUT2D eigenvalue weighted by Gasteiger charge is 2.26. The fraction of sp³-hybridized carbons (Fsp3) is 0.417. The smallest absolute Gasteiger partial charge is 0.307 e. The van der Waals surface area contributed by atoms with Crippen LogP contribution in [-0.4, -0.2) is 29.6 Å². The van der Waals surface area contributed by atoms with Crippen LogP contribution in [0.3, 0.4) is 0 Å². The minimum Gasteiger partial charge on any atom is -0.481 e. The number of benzene rings is 1. The number of halogens is 5. The van der Waals surface area contributed by atoms with E-state index in [9.17, 15) is 26.7 Å². The zero-order valence-corrected chi connectivity index (χ0v) is 10.7. The molecule has 0 bridgehead atoms. The Morgan fingerprint density at radius 2 is 1.45 bits per heavy atom. The van der Waals surface area contributed by atoms with Crippen LogP contribution < -0.4 is 0 Å². The van der Waals surface area contributed by atoms with Gasteiger partial charge in [-0.3, -0.25) is 4.79 Å². The van der Waals surface area contributed by atoms with Crippen LogP contribution in [0, 0.1) is 35.0 Å². The number of carboxylic acids is 1. The lowest BCUT2D eigenvalue weighted by molar-refractivity contribution is -0.141. The average Bonchev–Trinajstić information content (AvgIpc) is 2.39. The van der Waals surface area contributed by atoms with E-state index >= 15 is 0 Å². The Balaban J connectivity index is 3.01. The highest BCUT2D eigenvalue weighted by atomic mass is 19.2. The molecule has 1 aromatic rings. The topological polar surface area (TPSA) is 40.5 Å². The van der Waals surface area contributed by atoms with Gasteiger partial charge in [-0.15, -0.1) is 0 Å². The minimum atomic E-state index is -2.22. The molecule has 0 heterocycles. The summed E-state index contributed by atoms with van der Waals surface area (Å²) in [7, 11) is 1.32. The number of aliphatic carboxylic acids is 1. The minimum absolute atomic E-state index is 0.102. The lowest BCUT2D eigenvalue weighted by Gasteiger charge is -2.20. The van der Waals surface area contributed by atoms with Crippen molar-refractivity contribution in [3.05, 3.63) is 34.6 Å². The summed E-state index contributed by atoms with van der Waals surface area (Å²) in [6, 6.07) is 0. The Kier molecular flexibility index (Phi) is 5.04. The van der Waals surface area contributed by atoms with E-state index in [1.54, 1.807) is 0 Å². The Morgan fingerprint density at radius 1 is 1.05 bits per heavy atom. The number of carbonyl (C=O) groups is 1. The molecule has 0 radical (unpaired) electrons. The molecular weight excluding hydrogens is 285 g/mol. The van der Waals surface area contributed by atoms with Crippen molar-refractivity contribution in [2.75, 3.05) is 13.6 Å². The second-order valence-electron chi connectivity index (χ2n) is 4.48. The van der Waals surface area contributed by atoms with Crippen molar-refractivity contribution in [3.63, 3.8) is 0 Å². The number of rotatable bonds is 5. The van der Waals surface area contributed by atoms with Crippen molar-refractivity contribution in [3.8, 4) is 0 Å². The van der Waals surface area contributed by atoms with E-state index in [4.69, 9.17) is 5.11 Å². The lowest BCUT2D eigenvalue weighted by Crippen LogP contribution is -2.29.